The Balaban J connectivity index is 1.95. The van der Waals surface area contributed by atoms with Crippen LogP contribution in [0.3, 0.4) is 0 Å². The lowest BCUT2D eigenvalue weighted by Gasteiger charge is -2.12. The van der Waals surface area contributed by atoms with Crippen molar-refractivity contribution in [3.05, 3.63) is 101 Å². The number of aryl methyl sites for hydroxylation is 3. The molecule has 0 aromatic heterocycles. The molecule has 0 aliphatic heterocycles. The average molecular weight is 386 g/mol. The fraction of sp³-hybridized carbons (Fsp3) is 0.120. The van der Waals surface area contributed by atoms with Crippen LogP contribution in [0.4, 0.5) is 0 Å². The van der Waals surface area contributed by atoms with Crippen molar-refractivity contribution in [3.8, 4) is 11.5 Å². The minimum atomic E-state index is -0.640. The van der Waals surface area contributed by atoms with Crippen molar-refractivity contribution in [3.63, 3.8) is 0 Å². The van der Waals surface area contributed by atoms with Gasteiger partial charge in [-0.25, -0.2) is 9.59 Å². The second kappa shape index (κ2) is 9.02. The predicted octanol–water partition coefficient (Wildman–Crippen LogP) is 5.21. The third-order valence-electron chi connectivity index (χ3n) is 4.52. The molecule has 3 aromatic rings. The predicted molar refractivity (Wildman–Crippen MR) is 113 cm³/mol. The number of benzene rings is 3. The second-order valence-electron chi connectivity index (χ2n) is 6.71. The third-order valence-corrected chi connectivity index (χ3v) is 4.52. The van der Waals surface area contributed by atoms with Crippen molar-refractivity contribution >= 4 is 17.5 Å². The van der Waals surface area contributed by atoms with Crippen LogP contribution in [0.5, 0.6) is 11.5 Å². The van der Waals surface area contributed by atoms with E-state index in [1.165, 1.54) is 6.08 Å². The van der Waals surface area contributed by atoms with Gasteiger partial charge in [0.05, 0.1) is 5.57 Å². The molecular weight excluding hydrogens is 364 g/mol. The Kier molecular flexibility index (Phi) is 6.25. The van der Waals surface area contributed by atoms with Gasteiger partial charge in [0.15, 0.2) is 0 Å². The zero-order valence-corrected chi connectivity index (χ0v) is 16.6. The maximum atomic E-state index is 13.0. The average Bonchev–Trinajstić information content (AvgIpc) is 2.70. The molecule has 0 heterocycles. The molecule has 0 fully saturated rings. The fourth-order valence-corrected chi connectivity index (χ4v) is 2.87. The van der Waals surface area contributed by atoms with Gasteiger partial charge in [-0.3, -0.25) is 0 Å². The van der Waals surface area contributed by atoms with E-state index in [1.54, 1.807) is 30.3 Å². The van der Waals surface area contributed by atoms with Gasteiger partial charge in [-0.2, -0.15) is 0 Å². The SMILES string of the molecule is Cc1ccccc1OC(=O)/C=C(\C(=O)Oc1ccccc1C)c1ccccc1C. The Morgan fingerprint density at radius 2 is 1.14 bits per heavy atom. The highest BCUT2D eigenvalue weighted by molar-refractivity contribution is 6.21. The van der Waals surface area contributed by atoms with E-state index in [2.05, 4.69) is 0 Å². The largest absolute Gasteiger partial charge is 0.423 e. The van der Waals surface area contributed by atoms with Crippen molar-refractivity contribution in [1.29, 1.82) is 0 Å². The van der Waals surface area contributed by atoms with E-state index in [9.17, 15) is 9.59 Å². The van der Waals surface area contributed by atoms with Crippen LogP contribution in [0, 0.1) is 20.8 Å². The van der Waals surface area contributed by atoms with E-state index in [0.29, 0.717) is 17.1 Å². The van der Waals surface area contributed by atoms with Crippen molar-refractivity contribution in [1.82, 2.24) is 0 Å². The van der Waals surface area contributed by atoms with Crippen molar-refractivity contribution in [2.24, 2.45) is 0 Å². The van der Waals surface area contributed by atoms with Gasteiger partial charge in [-0.05, 0) is 55.2 Å². The van der Waals surface area contributed by atoms with Crippen LogP contribution in [-0.4, -0.2) is 11.9 Å². The number of ether oxygens (including phenoxy) is 2. The van der Waals surface area contributed by atoms with Crippen molar-refractivity contribution < 1.29 is 19.1 Å². The molecule has 0 unspecified atom stereocenters. The summed E-state index contributed by atoms with van der Waals surface area (Å²) in [6.07, 6.45) is 1.19. The standard InChI is InChI=1S/C25H22O4/c1-17-10-4-7-13-20(17)21(25(27)29-23-15-9-6-12-19(23)3)16-24(26)28-22-14-8-5-11-18(22)2/h4-16H,1-3H3/b21-16-. The lowest BCUT2D eigenvalue weighted by atomic mass is 10.0. The van der Waals surface area contributed by atoms with Gasteiger partial charge >= 0.3 is 11.9 Å². The van der Waals surface area contributed by atoms with Crippen LogP contribution in [0.2, 0.25) is 0 Å². The van der Waals surface area contributed by atoms with Crippen LogP contribution in [-0.2, 0) is 9.59 Å². The van der Waals surface area contributed by atoms with E-state index in [0.717, 1.165) is 16.7 Å². The third kappa shape index (κ3) is 4.99. The smallest absolute Gasteiger partial charge is 0.344 e. The first-order valence-electron chi connectivity index (χ1n) is 9.28. The molecule has 3 aromatic carbocycles. The highest BCUT2D eigenvalue weighted by Crippen LogP contribution is 2.24. The van der Waals surface area contributed by atoms with E-state index in [4.69, 9.17) is 9.47 Å². The number of esters is 2. The first kappa shape index (κ1) is 20.1. The molecule has 0 bridgehead atoms. The van der Waals surface area contributed by atoms with Gasteiger partial charge in [0.25, 0.3) is 0 Å². The maximum Gasteiger partial charge on any atom is 0.344 e. The highest BCUT2D eigenvalue weighted by Gasteiger charge is 2.19. The summed E-state index contributed by atoms with van der Waals surface area (Å²) in [4.78, 5) is 25.6. The molecule has 0 atom stereocenters. The quantitative estimate of drug-likeness (QED) is 0.343. The summed E-state index contributed by atoms with van der Waals surface area (Å²) in [5.41, 5.74) is 3.27. The summed E-state index contributed by atoms with van der Waals surface area (Å²) in [5, 5.41) is 0. The van der Waals surface area contributed by atoms with Gasteiger partial charge < -0.3 is 9.47 Å². The number of hydrogen-bond acceptors (Lipinski definition) is 4. The Labute approximate surface area is 170 Å². The zero-order valence-electron chi connectivity index (χ0n) is 16.6. The molecule has 0 amide bonds. The molecule has 0 spiro atoms. The summed E-state index contributed by atoms with van der Waals surface area (Å²) in [7, 11) is 0. The van der Waals surface area contributed by atoms with Gasteiger partial charge in [0.1, 0.15) is 11.5 Å². The molecule has 0 saturated carbocycles. The van der Waals surface area contributed by atoms with E-state index < -0.39 is 11.9 Å². The maximum absolute atomic E-state index is 13.0. The lowest BCUT2D eigenvalue weighted by molar-refractivity contribution is -0.130. The normalized spacial score (nSPS) is 11.1. The van der Waals surface area contributed by atoms with Crippen LogP contribution in [0.25, 0.3) is 5.57 Å². The molecule has 4 nitrogen and oxygen atoms in total. The minimum Gasteiger partial charge on any atom is -0.423 e. The number of carbonyl (C=O) groups excluding carboxylic acids is 2. The number of carbonyl (C=O) groups is 2. The molecule has 0 N–H and O–H groups in total. The van der Waals surface area contributed by atoms with E-state index in [1.807, 2.05) is 63.2 Å². The summed E-state index contributed by atoms with van der Waals surface area (Å²) >= 11 is 0. The summed E-state index contributed by atoms with van der Waals surface area (Å²) in [6.45, 7) is 5.57. The van der Waals surface area contributed by atoms with Crippen LogP contribution in [0.1, 0.15) is 22.3 Å². The fourth-order valence-electron chi connectivity index (χ4n) is 2.87. The van der Waals surface area contributed by atoms with Gasteiger partial charge in [-0.15, -0.1) is 0 Å². The van der Waals surface area contributed by atoms with E-state index >= 15 is 0 Å². The Morgan fingerprint density at radius 3 is 1.69 bits per heavy atom. The number of para-hydroxylation sites is 2. The molecule has 146 valence electrons. The summed E-state index contributed by atoms with van der Waals surface area (Å²) in [5.74, 6) is -0.357. The molecule has 0 aliphatic rings. The molecular formula is C25H22O4. The summed E-state index contributed by atoms with van der Waals surface area (Å²) < 4.78 is 11.0. The zero-order chi connectivity index (χ0) is 20.8. The first-order valence-corrected chi connectivity index (χ1v) is 9.28. The second-order valence-corrected chi connectivity index (χ2v) is 6.71. The Bertz CT molecular complexity index is 1080. The highest BCUT2D eigenvalue weighted by atomic mass is 16.5. The van der Waals surface area contributed by atoms with Crippen LogP contribution in [0.15, 0.2) is 78.9 Å². The molecule has 0 radical (unpaired) electrons. The first-order chi connectivity index (χ1) is 14.0. The van der Waals surface area contributed by atoms with E-state index in [-0.39, 0.29) is 5.57 Å². The summed E-state index contributed by atoms with van der Waals surface area (Å²) in [6, 6.07) is 21.8. The Hall–Kier alpha value is -3.66. The molecule has 0 saturated heterocycles. The van der Waals surface area contributed by atoms with Crippen LogP contribution >= 0.6 is 0 Å². The Morgan fingerprint density at radius 1 is 0.655 bits per heavy atom. The topological polar surface area (TPSA) is 52.6 Å². The van der Waals surface area contributed by atoms with Gasteiger partial charge in [-0.1, -0.05) is 60.7 Å². The van der Waals surface area contributed by atoms with Gasteiger partial charge in [0, 0.05) is 6.08 Å². The number of hydrogen-bond donors (Lipinski definition) is 0. The lowest BCUT2D eigenvalue weighted by Crippen LogP contribution is -2.15. The monoisotopic (exact) mass is 386 g/mol. The minimum absolute atomic E-state index is 0.143. The van der Waals surface area contributed by atoms with Crippen molar-refractivity contribution in [2.45, 2.75) is 20.8 Å². The molecule has 29 heavy (non-hydrogen) atoms. The van der Waals surface area contributed by atoms with Gasteiger partial charge in [0.2, 0.25) is 0 Å². The molecule has 3 rings (SSSR count). The molecule has 4 heteroatoms. The molecule has 0 aliphatic carbocycles. The van der Waals surface area contributed by atoms with Crippen molar-refractivity contribution in [2.75, 3.05) is 0 Å². The van der Waals surface area contributed by atoms with Crippen LogP contribution < -0.4 is 9.47 Å². The number of rotatable bonds is 5.